The molecular formula is C18H16N8O2. The number of benzene rings is 2. The summed E-state index contributed by atoms with van der Waals surface area (Å²) in [5.74, 6) is -0.365. The van der Waals surface area contributed by atoms with Crippen LogP contribution < -0.4 is 11.5 Å². The predicted octanol–water partition coefficient (Wildman–Crippen LogP) is 1.19. The molecule has 0 spiro atoms. The first-order chi connectivity index (χ1) is 13.6. The molecule has 4 N–H and O–H groups in total. The van der Waals surface area contributed by atoms with Crippen LogP contribution in [0.15, 0.2) is 48.5 Å². The van der Waals surface area contributed by atoms with Crippen LogP contribution in [0.4, 0.5) is 11.9 Å². The quantitative estimate of drug-likeness (QED) is 0.490. The molecule has 10 heteroatoms. The molecule has 2 heterocycles. The molecule has 0 aliphatic carbocycles. The van der Waals surface area contributed by atoms with Crippen molar-refractivity contribution in [1.82, 2.24) is 29.9 Å². The number of hydrogen-bond donors (Lipinski definition) is 2. The summed E-state index contributed by atoms with van der Waals surface area (Å²) in [5.41, 5.74) is 14.1. The maximum absolute atomic E-state index is 12.2. The number of aromatic nitrogens is 6. The number of carbonyl (C=O) groups excluding carboxylic acids is 1. The van der Waals surface area contributed by atoms with Gasteiger partial charge in [0, 0.05) is 0 Å². The van der Waals surface area contributed by atoms with E-state index in [1.165, 1.54) is 0 Å². The van der Waals surface area contributed by atoms with Crippen molar-refractivity contribution in [3.05, 3.63) is 65.5 Å². The minimum atomic E-state index is -0.504. The number of fused-ring (bicyclic) bond motifs is 1. The summed E-state index contributed by atoms with van der Waals surface area (Å²) < 4.78 is 7.00. The molecule has 4 rings (SSSR count). The fourth-order valence-corrected chi connectivity index (χ4v) is 2.69. The largest absolute Gasteiger partial charge is 0.454 e. The highest BCUT2D eigenvalue weighted by molar-refractivity contribution is 5.89. The van der Waals surface area contributed by atoms with Crippen molar-refractivity contribution < 1.29 is 9.53 Å². The summed E-state index contributed by atoms with van der Waals surface area (Å²) in [6.45, 7) is 0.391. The van der Waals surface area contributed by atoms with Crippen molar-refractivity contribution in [2.24, 2.45) is 0 Å². The van der Waals surface area contributed by atoms with E-state index in [1.807, 2.05) is 36.4 Å². The van der Waals surface area contributed by atoms with Crippen molar-refractivity contribution in [3.8, 4) is 0 Å². The number of nitrogen functional groups attached to an aromatic ring is 2. The Bertz CT molecular complexity index is 1120. The monoisotopic (exact) mass is 376 g/mol. The second-order valence-corrected chi connectivity index (χ2v) is 5.98. The highest BCUT2D eigenvalue weighted by Gasteiger charge is 2.10. The SMILES string of the molecule is Nc1nc(N)nc(COC(=O)c2ccc(Cn3nnc4ccccc43)cc2)n1. The van der Waals surface area contributed by atoms with E-state index in [-0.39, 0.29) is 24.3 Å². The number of anilines is 2. The lowest BCUT2D eigenvalue weighted by Gasteiger charge is -2.06. The summed E-state index contributed by atoms with van der Waals surface area (Å²) in [5, 5.41) is 8.29. The van der Waals surface area contributed by atoms with Crippen molar-refractivity contribution >= 4 is 28.9 Å². The summed E-state index contributed by atoms with van der Waals surface area (Å²) in [6.07, 6.45) is 0. The number of nitrogens with two attached hydrogens (primary N) is 2. The average Bonchev–Trinajstić information content (AvgIpc) is 3.09. The highest BCUT2D eigenvalue weighted by atomic mass is 16.5. The van der Waals surface area contributed by atoms with Crippen LogP contribution in [0, 0.1) is 0 Å². The second-order valence-electron chi connectivity index (χ2n) is 5.98. The molecule has 0 radical (unpaired) electrons. The van der Waals surface area contributed by atoms with Crippen LogP contribution in [0.3, 0.4) is 0 Å². The number of ether oxygens (including phenoxy) is 1. The molecule has 0 unspecified atom stereocenters. The second kappa shape index (κ2) is 7.27. The Hall–Kier alpha value is -4.08. The Labute approximate surface area is 159 Å². The van der Waals surface area contributed by atoms with Gasteiger partial charge in [-0.05, 0) is 29.8 Å². The lowest BCUT2D eigenvalue weighted by atomic mass is 10.1. The Kier molecular flexibility index (Phi) is 4.50. The van der Waals surface area contributed by atoms with Gasteiger partial charge in [-0.3, -0.25) is 0 Å². The van der Waals surface area contributed by atoms with Crippen molar-refractivity contribution in [2.75, 3.05) is 11.5 Å². The van der Waals surface area contributed by atoms with E-state index >= 15 is 0 Å². The smallest absolute Gasteiger partial charge is 0.338 e. The summed E-state index contributed by atoms with van der Waals surface area (Å²) in [4.78, 5) is 23.6. The lowest BCUT2D eigenvalue weighted by Crippen LogP contribution is -2.11. The van der Waals surface area contributed by atoms with Crippen LogP contribution in [0.1, 0.15) is 21.7 Å². The number of esters is 1. The van der Waals surface area contributed by atoms with Gasteiger partial charge in [-0.25, -0.2) is 9.48 Å². The van der Waals surface area contributed by atoms with Gasteiger partial charge in [-0.2, -0.15) is 15.0 Å². The zero-order valence-electron chi connectivity index (χ0n) is 14.7. The van der Waals surface area contributed by atoms with Gasteiger partial charge in [-0.1, -0.05) is 29.5 Å². The highest BCUT2D eigenvalue weighted by Crippen LogP contribution is 2.13. The molecular weight excluding hydrogens is 360 g/mol. The van der Waals surface area contributed by atoms with Crippen LogP contribution in [-0.2, 0) is 17.9 Å². The van der Waals surface area contributed by atoms with Gasteiger partial charge in [0.1, 0.15) is 5.52 Å². The molecule has 0 bridgehead atoms. The first-order valence-electron chi connectivity index (χ1n) is 8.39. The maximum atomic E-state index is 12.2. The Morgan fingerprint density at radius 3 is 2.43 bits per heavy atom. The topological polar surface area (TPSA) is 148 Å². The summed E-state index contributed by atoms with van der Waals surface area (Å²) in [6, 6.07) is 14.8. The molecule has 0 fully saturated rings. The van der Waals surface area contributed by atoms with Crippen molar-refractivity contribution in [3.63, 3.8) is 0 Å². The molecule has 0 saturated carbocycles. The molecule has 2 aromatic carbocycles. The zero-order valence-corrected chi connectivity index (χ0v) is 14.7. The third-order valence-electron chi connectivity index (χ3n) is 3.99. The molecule has 28 heavy (non-hydrogen) atoms. The fourth-order valence-electron chi connectivity index (χ4n) is 2.69. The first-order valence-corrected chi connectivity index (χ1v) is 8.39. The number of carbonyl (C=O) groups is 1. The molecule has 2 aromatic heterocycles. The summed E-state index contributed by atoms with van der Waals surface area (Å²) in [7, 11) is 0. The van der Waals surface area contributed by atoms with E-state index in [4.69, 9.17) is 16.2 Å². The number of rotatable bonds is 5. The maximum Gasteiger partial charge on any atom is 0.338 e. The van der Waals surface area contributed by atoms with E-state index < -0.39 is 5.97 Å². The third kappa shape index (κ3) is 3.70. The van der Waals surface area contributed by atoms with E-state index in [2.05, 4.69) is 25.3 Å². The number of para-hydroxylation sites is 1. The minimum absolute atomic E-state index is 0.0245. The van der Waals surface area contributed by atoms with E-state index in [9.17, 15) is 4.79 Å². The minimum Gasteiger partial charge on any atom is -0.454 e. The number of nitrogens with zero attached hydrogens (tertiary/aromatic N) is 6. The molecule has 4 aromatic rings. The zero-order chi connectivity index (χ0) is 19.5. The summed E-state index contributed by atoms with van der Waals surface area (Å²) >= 11 is 0. The van der Waals surface area contributed by atoms with E-state index in [0.29, 0.717) is 12.1 Å². The van der Waals surface area contributed by atoms with Gasteiger partial charge >= 0.3 is 5.97 Å². The predicted molar refractivity (Wildman–Crippen MR) is 101 cm³/mol. The Morgan fingerprint density at radius 2 is 1.68 bits per heavy atom. The van der Waals surface area contributed by atoms with Crippen molar-refractivity contribution in [1.29, 1.82) is 0 Å². The Morgan fingerprint density at radius 1 is 0.964 bits per heavy atom. The van der Waals surface area contributed by atoms with Crippen LogP contribution in [-0.4, -0.2) is 35.9 Å². The number of hydrogen-bond acceptors (Lipinski definition) is 9. The standard InChI is InChI=1S/C18H16N8O2/c19-17-21-15(22-18(20)23-17)10-28-16(27)12-7-5-11(6-8-12)9-26-14-4-2-1-3-13(14)24-25-26/h1-8H,9-10H2,(H4,19,20,21,22,23). The van der Waals surface area contributed by atoms with Crippen molar-refractivity contribution in [2.45, 2.75) is 13.2 Å². The van der Waals surface area contributed by atoms with Crippen LogP contribution in [0.25, 0.3) is 11.0 Å². The van der Waals surface area contributed by atoms with Gasteiger partial charge in [0.25, 0.3) is 0 Å². The molecule has 0 saturated heterocycles. The molecule has 140 valence electrons. The van der Waals surface area contributed by atoms with Gasteiger partial charge in [0.05, 0.1) is 17.6 Å². The molecule has 10 nitrogen and oxygen atoms in total. The van der Waals surface area contributed by atoms with E-state index in [1.54, 1.807) is 16.8 Å². The molecule has 0 atom stereocenters. The van der Waals surface area contributed by atoms with Crippen LogP contribution in [0.2, 0.25) is 0 Å². The van der Waals surface area contributed by atoms with E-state index in [0.717, 1.165) is 16.6 Å². The normalized spacial score (nSPS) is 10.9. The molecule has 0 aliphatic rings. The lowest BCUT2D eigenvalue weighted by molar-refractivity contribution is 0.0462. The molecule has 0 aliphatic heterocycles. The van der Waals surface area contributed by atoms with Gasteiger partial charge in [-0.15, -0.1) is 5.10 Å². The van der Waals surface area contributed by atoms with Gasteiger partial charge < -0.3 is 16.2 Å². The van der Waals surface area contributed by atoms with Gasteiger partial charge in [0.2, 0.25) is 11.9 Å². The fraction of sp³-hybridized carbons (Fsp3) is 0.111. The van der Waals surface area contributed by atoms with Crippen LogP contribution >= 0.6 is 0 Å². The first kappa shape index (κ1) is 17.3. The molecule has 0 amide bonds. The van der Waals surface area contributed by atoms with Gasteiger partial charge in [0.15, 0.2) is 12.4 Å². The van der Waals surface area contributed by atoms with Crippen LogP contribution in [0.5, 0.6) is 0 Å². The Balaban J connectivity index is 1.41. The third-order valence-corrected chi connectivity index (χ3v) is 3.99. The average molecular weight is 376 g/mol.